The van der Waals surface area contributed by atoms with E-state index in [4.69, 9.17) is 20.9 Å². The predicted octanol–water partition coefficient (Wildman–Crippen LogP) is 0.287. The standard InChI is InChI=1S/C6H12N2O2S2/c7-5(11)9-3-1-2-4-10-6(8)12/h1-4H2,(H2,7,11)(H2,8,12). The molecule has 4 N–H and O–H groups in total. The molecule has 0 saturated heterocycles. The zero-order valence-corrected chi connectivity index (χ0v) is 8.25. The van der Waals surface area contributed by atoms with Crippen LogP contribution >= 0.6 is 24.4 Å². The molecular weight excluding hydrogens is 196 g/mol. The normalized spacial score (nSPS) is 9.00. The van der Waals surface area contributed by atoms with Gasteiger partial charge in [-0.2, -0.15) is 0 Å². The van der Waals surface area contributed by atoms with Crippen LogP contribution in [0.2, 0.25) is 0 Å². The maximum absolute atomic E-state index is 5.09. The molecule has 0 aliphatic rings. The lowest BCUT2D eigenvalue weighted by molar-refractivity contribution is 0.257. The summed E-state index contributed by atoms with van der Waals surface area (Å²) in [5.41, 5.74) is 10.2. The number of nitrogens with two attached hydrogens (primary N) is 2. The molecule has 0 amide bonds. The Labute approximate surface area is 82.2 Å². The van der Waals surface area contributed by atoms with Crippen molar-refractivity contribution >= 4 is 34.8 Å². The maximum atomic E-state index is 5.09. The Kier molecular flexibility index (Phi) is 6.69. The van der Waals surface area contributed by atoms with Crippen LogP contribution in [0.1, 0.15) is 12.8 Å². The number of rotatable bonds is 5. The van der Waals surface area contributed by atoms with Gasteiger partial charge in [0, 0.05) is 0 Å². The number of ether oxygens (including phenoxy) is 2. The van der Waals surface area contributed by atoms with Gasteiger partial charge in [-0.3, -0.25) is 0 Å². The topological polar surface area (TPSA) is 70.5 Å². The molecule has 0 aliphatic carbocycles. The zero-order chi connectivity index (χ0) is 9.40. The molecule has 70 valence electrons. The summed E-state index contributed by atoms with van der Waals surface area (Å²) in [5.74, 6) is 0. The Morgan fingerprint density at radius 1 is 0.917 bits per heavy atom. The van der Waals surface area contributed by atoms with Crippen molar-refractivity contribution in [3.8, 4) is 0 Å². The van der Waals surface area contributed by atoms with Gasteiger partial charge in [0.2, 0.25) is 0 Å². The van der Waals surface area contributed by atoms with Crippen molar-refractivity contribution < 1.29 is 9.47 Å². The number of thiocarbonyl (C=S) groups is 2. The van der Waals surface area contributed by atoms with Gasteiger partial charge < -0.3 is 20.9 Å². The molecule has 0 unspecified atom stereocenters. The van der Waals surface area contributed by atoms with Crippen molar-refractivity contribution in [2.24, 2.45) is 11.5 Å². The van der Waals surface area contributed by atoms with Crippen LogP contribution in [0.15, 0.2) is 0 Å². The van der Waals surface area contributed by atoms with Gasteiger partial charge in [-0.05, 0) is 37.3 Å². The van der Waals surface area contributed by atoms with Gasteiger partial charge >= 0.3 is 0 Å². The monoisotopic (exact) mass is 208 g/mol. The van der Waals surface area contributed by atoms with Crippen LogP contribution in [0.4, 0.5) is 0 Å². The Hall–Kier alpha value is -0.620. The third kappa shape index (κ3) is 9.38. The lowest BCUT2D eigenvalue weighted by Gasteiger charge is -2.03. The Bertz CT molecular complexity index is 146. The highest BCUT2D eigenvalue weighted by atomic mass is 32.1. The van der Waals surface area contributed by atoms with Gasteiger partial charge in [0.1, 0.15) is 0 Å². The van der Waals surface area contributed by atoms with Crippen LogP contribution < -0.4 is 11.5 Å². The van der Waals surface area contributed by atoms with E-state index in [1.165, 1.54) is 0 Å². The van der Waals surface area contributed by atoms with Gasteiger partial charge in [-0.15, -0.1) is 0 Å². The number of unbranched alkanes of at least 4 members (excludes halogenated alkanes) is 1. The highest BCUT2D eigenvalue weighted by molar-refractivity contribution is 7.80. The summed E-state index contributed by atoms with van der Waals surface area (Å²) < 4.78 is 9.68. The van der Waals surface area contributed by atoms with Gasteiger partial charge in [0.25, 0.3) is 10.3 Å². The second-order valence-electron chi connectivity index (χ2n) is 2.04. The average molecular weight is 208 g/mol. The number of hydrogen-bond acceptors (Lipinski definition) is 4. The second-order valence-corrected chi connectivity index (χ2v) is 2.85. The molecule has 0 spiro atoms. The first-order valence-corrected chi connectivity index (χ1v) is 4.29. The molecule has 0 aromatic rings. The van der Waals surface area contributed by atoms with E-state index < -0.39 is 0 Å². The summed E-state index contributed by atoms with van der Waals surface area (Å²) >= 11 is 9.00. The molecule has 12 heavy (non-hydrogen) atoms. The fourth-order valence-electron chi connectivity index (χ4n) is 0.550. The van der Waals surface area contributed by atoms with Crippen LogP contribution in [-0.2, 0) is 9.47 Å². The summed E-state index contributed by atoms with van der Waals surface area (Å²) in [6.07, 6.45) is 1.64. The van der Waals surface area contributed by atoms with E-state index in [0.717, 1.165) is 12.8 Å². The van der Waals surface area contributed by atoms with Crippen molar-refractivity contribution in [3.05, 3.63) is 0 Å². The number of hydrogen-bond donors (Lipinski definition) is 2. The van der Waals surface area contributed by atoms with Crippen LogP contribution in [0.25, 0.3) is 0 Å². The van der Waals surface area contributed by atoms with Gasteiger partial charge in [-0.1, -0.05) is 0 Å². The first kappa shape index (κ1) is 11.4. The molecule has 6 heteroatoms. The van der Waals surface area contributed by atoms with Crippen molar-refractivity contribution in [3.63, 3.8) is 0 Å². The molecule has 0 aromatic heterocycles. The molecule has 0 bridgehead atoms. The first-order chi connectivity index (χ1) is 5.63. The van der Waals surface area contributed by atoms with Gasteiger partial charge in [-0.25, -0.2) is 0 Å². The smallest absolute Gasteiger partial charge is 0.253 e. The lowest BCUT2D eigenvalue weighted by atomic mass is 10.3. The zero-order valence-electron chi connectivity index (χ0n) is 6.62. The molecule has 0 saturated carbocycles. The van der Waals surface area contributed by atoms with Gasteiger partial charge in [0.15, 0.2) is 0 Å². The molecule has 0 aliphatic heterocycles. The predicted molar refractivity (Wildman–Crippen MR) is 54.7 cm³/mol. The Morgan fingerprint density at radius 3 is 1.50 bits per heavy atom. The third-order valence-electron chi connectivity index (χ3n) is 1.03. The fourth-order valence-corrected chi connectivity index (χ4v) is 0.716. The van der Waals surface area contributed by atoms with E-state index in [1.54, 1.807) is 0 Å². The summed E-state index contributed by atoms with van der Waals surface area (Å²) in [6, 6.07) is 0. The molecule has 0 rings (SSSR count). The maximum Gasteiger partial charge on any atom is 0.253 e. The van der Waals surface area contributed by atoms with Gasteiger partial charge in [0.05, 0.1) is 13.2 Å². The molecule has 0 aromatic carbocycles. The molecule has 0 fully saturated rings. The summed E-state index contributed by atoms with van der Waals surface area (Å²) in [7, 11) is 0. The summed E-state index contributed by atoms with van der Waals surface area (Å²) in [5, 5.41) is 0.149. The van der Waals surface area contributed by atoms with Crippen molar-refractivity contribution in [1.82, 2.24) is 0 Å². The quantitative estimate of drug-likeness (QED) is 0.500. The fraction of sp³-hybridized carbons (Fsp3) is 0.667. The SMILES string of the molecule is NC(=S)OCCCCOC(N)=S. The van der Waals surface area contributed by atoms with Crippen molar-refractivity contribution in [2.75, 3.05) is 13.2 Å². The minimum atomic E-state index is 0.0743. The second kappa shape index (κ2) is 7.05. The highest BCUT2D eigenvalue weighted by Gasteiger charge is 1.92. The van der Waals surface area contributed by atoms with E-state index in [9.17, 15) is 0 Å². The van der Waals surface area contributed by atoms with E-state index in [1.807, 2.05) is 0 Å². The van der Waals surface area contributed by atoms with Crippen molar-refractivity contribution in [2.45, 2.75) is 12.8 Å². The molecule has 0 radical (unpaired) electrons. The van der Waals surface area contributed by atoms with E-state index in [2.05, 4.69) is 24.4 Å². The highest BCUT2D eigenvalue weighted by Crippen LogP contribution is 1.91. The van der Waals surface area contributed by atoms with E-state index in [-0.39, 0.29) is 10.3 Å². The summed E-state index contributed by atoms with van der Waals surface area (Å²) in [6.45, 7) is 1.02. The van der Waals surface area contributed by atoms with Crippen LogP contribution in [0.5, 0.6) is 0 Å². The molecule has 0 atom stereocenters. The molecule has 0 heterocycles. The minimum Gasteiger partial charge on any atom is -0.471 e. The Balaban J connectivity index is 3.01. The van der Waals surface area contributed by atoms with Crippen LogP contribution in [0.3, 0.4) is 0 Å². The third-order valence-corrected chi connectivity index (χ3v) is 1.26. The Morgan fingerprint density at radius 2 is 1.25 bits per heavy atom. The largest absolute Gasteiger partial charge is 0.471 e. The minimum absolute atomic E-state index is 0.0743. The summed E-state index contributed by atoms with van der Waals surface area (Å²) in [4.78, 5) is 0. The molecule has 4 nitrogen and oxygen atoms in total. The van der Waals surface area contributed by atoms with Crippen LogP contribution in [-0.4, -0.2) is 23.6 Å². The van der Waals surface area contributed by atoms with Crippen LogP contribution in [0, 0.1) is 0 Å². The van der Waals surface area contributed by atoms with Crippen molar-refractivity contribution in [1.29, 1.82) is 0 Å². The first-order valence-electron chi connectivity index (χ1n) is 3.47. The average Bonchev–Trinajstić information content (AvgIpc) is 1.95. The molecular formula is C6H12N2O2S2. The lowest BCUT2D eigenvalue weighted by Crippen LogP contribution is -2.15. The van der Waals surface area contributed by atoms with E-state index >= 15 is 0 Å². The van der Waals surface area contributed by atoms with E-state index in [0.29, 0.717) is 13.2 Å².